The standard InChI is InChI=1S/C18H19NO7S/c1-24-17(20)16(14-8-10-15(11-9-14)26-27(2,22)23)19-18(21)25-12-13-6-4-3-5-7-13/h3-11,16H,12H2,1-2H3,(H,19,21). The summed E-state index contributed by atoms with van der Waals surface area (Å²) in [6.45, 7) is 0.0434. The fourth-order valence-electron chi connectivity index (χ4n) is 2.17. The van der Waals surface area contributed by atoms with Gasteiger partial charge in [0.2, 0.25) is 0 Å². The van der Waals surface area contributed by atoms with E-state index in [9.17, 15) is 18.0 Å². The van der Waals surface area contributed by atoms with Gasteiger partial charge in [-0.25, -0.2) is 9.59 Å². The average Bonchev–Trinajstić information content (AvgIpc) is 2.64. The van der Waals surface area contributed by atoms with Crippen LogP contribution in [-0.2, 0) is 31.0 Å². The van der Waals surface area contributed by atoms with Crippen molar-refractivity contribution >= 4 is 22.2 Å². The minimum absolute atomic E-state index is 0.0434. The summed E-state index contributed by atoms with van der Waals surface area (Å²) in [5.41, 5.74) is 1.17. The zero-order valence-corrected chi connectivity index (χ0v) is 15.6. The Bertz CT molecular complexity index is 880. The van der Waals surface area contributed by atoms with Crippen LogP contribution in [0.4, 0.5) is 4.79 Å². The lowest BCUT2D eigenvalue weighted by Gasteiger charge is -2.17. The monoisotopic (exact) mass is 393 g/mol. The summed E-state index contributed by atoms with van der Waals surface area (Å²) < 4.78 is 36.8. The first kappa shape index (κ1) is 20.2. The van der Waals surface area contributed by atoms with Crippen LogP contribution in [0.3, 0.4) is 0 Å². The van der Waals surface area contributed by atoms with Crippen molar-refractivity contribution in [2.75, 3.05) is 13.4 Å². The number of nitrogens with one attached hydrogen (secondary N) is 1. The smallest absolute Gasteiger partial charge is 0.408 e. The molecule has 0 saturated heterocycles. The zero-order valence-electron chi connectivity index (χ0n) is 14.7. The number of ether oxygens (including phenoxy) is 2. The molecule has 1 amide bonds. The van der Waals surface area contributed by atoms with Gasteiger partial charge >= 0.3 is 22.2 Å². The Hall–Kier alpha value is -3.07. The molecule has 0 spiro atoms. The molecule has 144 valence electrons. The molecule has 8 nitrogen and oxygen atoms in total. The van der Waals surface area contributed by atoms with E-state index in [1.165, 1.54) is 31.4 Å². The summed E-state index contributed by atoms with van der Waals surface area (Å²) in [4.78, 5) is 24.0. The summed E-state index contributed by atoms with van der Waals surface area (Å²) in [7, 11) is -2.48. The van der Waals surface area contributed by atoms with E-state index in [0.29, 0.717) is 5.56 Å². The average molecular weight is 393 g/mol. The zero-order chi connectivity index (χ0) is 19.9. The van der Waals surface area contributed by atoms with Crippen LogP contribution in [0.1, 0.15) is 17.2 Å². The molecule has 0 fully saturated rings. The minimum Gasteiger partial charge on any atom is -0.467 e. The highest BCUT2D eigenvalue weighted by molar-refractivity contribution is 7.86. The maximum Gasteiger partial charge on any atom is 0.408 e. The first-order chi connectivity index (χ1) is 12.8. The molecule has 1 N–H and O–H groups in total. The number of carbonyl (C=O) groups is 2. The van der Waals surface area contributed by atoms with Crippen LogP contribution in [0.2, 0.25) is 0 Å². The van der Waals surface area contributed by atoms with Crippen molar-refractivity contribution in [2.45, 2.75) is 12.6 Å². The van der Waals surface area contributed by atoms with E-state index in [1.54, 1.807) is 12.1 Å². The molecule has 0 aliphatic carbocycles. The fourth-order valence-corrected chi connectivity index (χ4v) is 2.63. The molecule has 2 aromatic rings. The number of carbonyl (C=O) groups excluding carboxylic acids is 2. The molecule has 0 heterocycles. The van der Waals surface area contributed by atoms with Gasteiger partial charge in [0.15, 0.2) is 6.04 Å². The fraction of sp³-hybridized carbons (Fsp3) is 0.222. The van der Waals surface area contributed by atoms with Crippen LogP contribution >= 0.6 is 0 Å². The number of benzene rings is 2. The van der Waals surface area contributed by atoms with Crippen molar-refractivity contribution in [1.29, 1.82) is 0 Å². The Morgan fingerprint density at radius 3 is 2.22 bits per heavy atom. The Balaban J connectivity index is 2.06. The van der Waals surface area contributed by atoms with Crippen LogP contribution in [0.15, 0.2) is 54.6 Å². The van der Waals surface area contributed by atoms with Crippen molar-refractivity contribution in [3.05, 3.63) is 65.7 Å². The first-order valence-corrected chi connectivity index (χ1v) is 9.64. The maximum atomic E-state index is 12.0. The minimum atomic E-state index is -3.67. The lowest BCUT2D eigenvalue weighted by Crippen LogP contribution is -2.34. The number of alkyl carbamates (subject to hydrolysis) is 1. The molecular formula is C18H19NO7S. The number of methoxy groups -OCH3 is 1. The summed E-state index contributed by atoms with van der Waals surface area (Å²) in [5.74, 6) is -0.625. The molecule has 27 heavy (non-hydrogen) atoms. The van der Waals surface area contributed by atoms with Gasteiger partial charge in [-0.2, -0.15) is 8.42 Å². The molecule has 0 radical (unpaired) electrons. The van der Waals surface area contributed by atoms with Gasteiger partial charge in [0.25, 0.3) is 0 Å². The molecule has 1 unspecified atom stereocenters. The predicted octanol–water partition coefficient (Wildman–Crippen LogP) is 2.17. The SMILES string of the molecule is COC(=O)C(NC(=O)OCc1ccccc1)c1ccc(OS(C)(=O)=O)cc1. The highest BCUT2D eigenvalue weighted by Crippen LogP contribution is 2.20. The summed E-state index contributed by atoms with van der Waals surface area (Å²) in [6, 6.07) is 13.6. The highest BCUT2D eigenvalue weighted by atomic mass is 32.2. The van der Waals surface area contributed by atoms with Crippen LogP contribution in [0, 0.1) is 0 Å². The van der Waals surface area contributed by atoms with Gasteiger partial charge in [-0.05, 0) is 23.3 Å². The van der Waals surface area contributed by atoms with Crippen molar-refractivity contribution in [2.24, 2.45) is 0 Å². The van der Waals surface area contributed by atoms with E-state index in [2.05, 4.69) is 5.32 Å². The van der Waals surface area contributed by atoms with Gasteiger partial charge in [0.1, 0.15) is 12.4 Å². The van der Waals surface area contributed by atoms with Crippen molar-refractivity contribution < 1.29 is 31.7 Å². The van der Waals surface area contributed by atoms with Gasteiger partial charge in [0, 0.05) is 0 Å². The Morgan fingerprint density at radius 1 is 1.04 bits per heavy atom. The van der Waals surface area contributed by atoms with E-state index in [4.69, 9.17) is 13.7 Å². The van der Waals surface area contributed by atoms with Crippen molar-refractivity contribution in [3.8, 4) is 5.75 Å². The quantitative estimate of drug-likeness (QED) is 0.567. The topological polar surface area (TPSA) is 108 Å². The molecule has 0 aliphatic heterocycles. The molecule has 2 rings (SSSR count). The van der Waals surface area contributed by atoms with Gasteiger partial charge in [-0.1, -0.05) is 42.5 Å². The Kier molecular flexibility index (Phi) is 6.78. The molecule has 9 heteroatoms. The number of hydrogen-bond acceptors (Lipinski definition) is 7. The molecule has 1 atom stereocenters. The van der Waals surface area contributed by atoms with E-state index >= 15 is 0 Å². The normalized spacial score (nSPS) is 11.9. The van der Waals surface area contributed by atoms with Gasteiger partial charge < -0.3 is 19.0 Å². The van der Waals surface area contributed by atoms with Gasteiger partial charge in [0.05, 0.1) is 13.4 Å². The van der Waals surface area contributed by atoms with Crippen LogP contribution in [-0.4, -0.2) is 33.8 Å². The van der Waals surface area contributed by atoms with Gasteiger partial charge in [-0.3, -0.25) is 0 Å². The Labute approximate surface area is 157 Å². The molecule has 0 aliphatic rings. The van der Waals surface area contributed by atoms with Crippen molar-refractivity contribution in [3.63, 3.8) is 0 Å². The molecule has 0 bridgehead atoms. The highest BCUT2D eigenvalue weighted by Gasteiger charge is 2.24. The second kappa shape index (κ2) is 9.04. The summed E-state index contributed by atoms with van der Waals surface area (Å²) in [6.07, 6.45) is 0.119. The van der Waals surface area contributed by atoms with Gasteiger partial charge in [-0.15, -0.1) is 0 Å². The van der Waals surface area contributed by atoms with E-state index in [1.807, 2.05) is 18.2 Å². The second-order valence-corrected chi connectivity index (χ2v) is 7.09. The maximum absolute atomic E-state index is 12.0. The van der Waals surface area contributed by atoms with E-state index in [0.717, 1.165) is 11.8 Å². The third kappa shape index (κ3) is 6.63. The summed E-state index contributed by atoms with van der Waals surface area (Å²) in [5, 5.41) is 2.43. The van der Waals surface area contributed by atoms with E-state index < -0.39 is 28.2 Å². The van der Waals surface area contributed by atoms with Crippen LogP contribution < -0.4 is 9.50 Å². The number of rotatable bonds is 7. The number of amides is 1. The van der Waals surface area contributed by atoms with E-state index in [-0.39, 0.29) is 12.4 Å². The van der Waals surface area contributed by atoms with Crippen molar-refractivity contribution in [1.82, 2.24) is 5.32 Å². The third-order valence-corrected chi connectivity index (χ3v) is 3.87. The number of esters is 1. The molecule has 2 aromatic carbocycles. The second-order valence-electron chi connectivity index (χ2n) is 5.52. The van der Waals surface area contributed by atoms with Crippen LogP contribution in [0.25, 0.3) is 0 Å². The summed E-state index contributed by atoms with van der Waals surface area (Å²) >= 11 is 0. The largest absolute Gasteiger partial charge is 0.467 e. The Morgan fingerprint density at radius 2 is 1.67 bits per heavy atom. The third-order valence-electron chi connectivity index (χ3n) is 3.37. The molecule has 0 aromatic heterocycles. The number of hydrogen-bond donors (Lipinski definition) is 1. The first-order valence-electron chi connectivity index (χ1n) is 7.83. The lowest BCUT2D eigenvalue weighted by atomic mass is 10.1. The molecular weight excluding hydrogens is 374 g/mol. The molecule has 0 saturated carbocycles. The van der Waals surface area contributed by atoms with Crippen LogP contribution in [0.5, 0.6) is 5.75 Å². The predicted molar refractivity (Wildman–Crippen MR) is 96.4 cm³/mol. The lowest BCUT2D eigenvalue weighted by molar-refractivity contribution is -0.143.